The first-order valence-corrected chi connectivity index (χ1v) is 13.0. The Morgan fingerprint density at radius 1 is 1.02 bits per heavy atom. The van der Waals surface area contributed by atoms with E-state index in [2.05, 4.69) is 31.4 Å². The minimum atomic E-state index is -0.663. The number of nitrogens with zero attached hydrogens (tertiary/aromatic N) is 3. The molecule has 0 aliphatic carbocycles. The third-order valence-corrected chi connectivity index (χ3v) is 6.87. The molecule has 0 atom stereocenters. The molecule has 40 heavy (non-hydrogen) atoms. The number of aromatic nitrogens is 1. The summed E-state index contributed by atoms with van der Waals surface area (Å²) in [5.41, 5.74) is 15.9. The number of primary amides is 1. The molecule has 0 spiro atoms. The van der Waals surface area contributed by atoms with Gasteiger partial charge in [-0.3, -0.25) is 25.4 Å². The van der Waals surface area contributed by atoms with Gasteiger partial charge < -0.3 is 26.2 Å². The van der Waals surface area contributed by atoms with Crippen LogP contribution < -0.4 is 32.1 Å². The van der Waals surface area contributed by atoms with E-state index in [1.54, 1.807) is 37.5 Å². The highest BCUT2D eigenvalue weighted by molar-refractivity contribution is 5.92. The summed E-state index contributed by atoms with van der Waals surface area (Å²) in [6, 6.07) is 16.5. The molecular weight excluding hydrogens is 511 g/mol. The van der Waals surface area contributed by atoms with E-state index in [9.17, 15) is 14.0 Å². The number of amides is 2. The van der Waals surface area contributed by atoms with Gasteiger partial charge in [0.1, 0.15) is 17.3 Å². The van der Waals surface area contributed by atoms with E-state index >= 15 is 0 Å². The smallest absolute Gasteiger partial charge is 0.268 e. The molecule has 6 N–H and O–H groups in total. The molecule has 1 aromatic heterocycles. The lowest BCUT2D eigenvalue weighted by Crippen LogP contribution is -2.48. The van der Waals surface area contributed by atoms with Gasteiger partial charge in [0, 0.05) is 80.6 Å². The average molecular weight is 543 g/mol. The number of nitrogens with two attached hydrogens (primary N) is 1. The Kier molecular flexibility index (Phi) is 7.81. The molecule has 3 aromatic rings. The average Bonchev–Trinajstić information content (AvgIpc) is 2.97. The van der Waals surface area contributed by atoms with E-state index in [0.717, 1.165) is 35.6 Å². The zero-order chi connectivity index (χ0) is 28.1. The van der Waals surface area contributed by atoms with Gasteiger partial charge in [-0.25, -0.2) is 4.39 Å². The maximum atomic E-state index is 14.6. The van der Waals surface area contributed by atoms with Crippen LogP contribution in [0.5, 0.6) is 0 Å². The molecular formula is C29H31FN8O2. The summed E-state index contributed by atoms with van der Waals surface area (Å²) < 4.78 is 14.6. The lowest BCUT2D eigenvalue weighted by molar-refractivity contribution is -0.129. The van der Waals surface area contributed by atoms with Crippen molar-refractivity contribution in [3.05, 3.63) is 102 Å². The summed E-state index contributed by atoms with van der Waals surface area (Å²) in [5, 5.41) is 6.41. The number of allylic oxidation sites excluding steroid dienone is 1. The predicted octanol–water partition coefficient (Wildman–Crippen LogP) is 2.40. The molecule has 2 aliphatic rings. The molecule has 206 valence electrons. The first-order valence-electron chi connectivity index (χ1n) is 13.0. The number of pyridine rings is 1. The highest BCUT2D eigenvalue weighted by Gasteiger charge is 2.20. The second-order valence-corrected chi connectivity index (χ2v) is 9.53. The van der Waals surface area contributed by atoms with Gasteiger partial charge in [0.15, 0.2) is 0 Å². The fourth-order valence-corrected chi connectivity index (χ4v) is 4.66. The van der Waals surface area contributed by atoms with Crippen LogP contribution in [0.4, 0.5) is 15.8 Å². The van der Waals surface area contributed by atoms with Gasteiger partial charge in [-0.1, -0.05) is 12.1 Å². The van der Waals surface area contributed by atoms with Crippen LogP contribution in [0.25, 0.3) is 11.1 Å². The van der Waals surface area contributed by atoms with Crippen LogP contribution in [0.15, 0.2) is 90.3 Å². The number of nitrogens with one attached hydrogen (secondary N) is 4. The molecule has 1 saturated heterocycles. The number of piperazine rings is 1. The fraction of sp³-hybridized carbons (Fsp3) is 0.207. The van der Waals surface area contributed by atoms with Gasteiger partial charge in [-0.05, 0) is 48.0 Å². The first kappa shape index (κ1) is 26.5. The molecule has 0 unspecified atom stereocenters. The van der Waals surface area contributed by atoms with Crippen LogP contribution in [-0.4, -0.2) is 47.9 Å². The molecule has 2 aliphatic heterocycles. The van der Waals surface area contributed by atoms with Crippen molar-refractivity contribution in [2.24, 2.45) is 5.73 Å². The Hall–Kier alpha value is -5.06. The van der Waals surface area contributed by atoms with E-state index < -0.39 is 5.91 Å². The predicted molar refractivity (Wildman–Crippen MR) is 152 cm³/mol. The number of carbonyl (C=O) groups excluding carboxylic acids is 2. The van der Waals surface area contributed by atoms with Gasteiger partial charge >= 0.3 is 0 Å². The highest BCUT2D eigenvalue weighted by Crippen LogP contribution is 2.23. The van der Waals surface area contributed by atoms with Crippen molar-refractivity contribution in [1.82, 2.24) is 26.1 Å². The number of anilines is 2. The Morgan fingerprint density at radius 2 is 1.80 bits per heavy atom. The maximum absolute atomic E-state index is 14.6. The molecule has 2 aromatic carbocycles. The standard InChI is InChI=1S/C29H31FN8O2/c1-19(39)37-11-13-38(14-12-37)24-7-5-23(6-8-24)34-27-16-26(28(29(31)40)36-35-27)33-18-22-15-20(4-9-25(22)30)21-3-2-10-32-17-21/h2-10,15-17,33-36H,11-14,18H2,1H3,(H2,31,40). The van der Waals surface area contributed by atoms with Crippen molar-refractivity contribution in [3.8, 4) is 11.1 Å². The largest absolute Gasteiger partial charge is 0.379 e. The summed E-state index contributed by atoms with van der Waals surface area (Å²) in [6.07, 6.45) is 5.10. The fourth-order valence-electron chi connectivity index (χ4n) is 4.66. The van der Waals surface area contributed by atoms with Crippen molar-refractivity contribution in [2.75, 3.05) is 36.4 Å². The van der Waals surface area contributed by atoms with Crippen molar-refractivity contribution < 1.29 is 14.0 Å². The van der Waals surface area contributed by atoms with Crippen molar-refractivity contribution in [2.45, 2.75) is 13.5 Å². The zero-order valence-electron chi connectivity index (χ0n) is 22.1. The monoisotopic (exact) mass is 542 g/mol. The Morgan fingerprint density at radius 3 is 2.48 bits per heavy atom. The lowest BCUT2D eigenvalue weighted by atomic mass is 10.0. The second kappa shape index (κ2) is 11.8. The highest BCUT2D eigenvalue weighted by atomic mass is 19.1. The van der Waals surface area contributed by atoms with Crippen molar-refractivity contribution in [1.29, 1.82) is 0 Å². The summed E-state index contributed by atoms with van der Waals surface area (Å²) >= 11 is 0. The van der Waals surface area contributed by atoms with E-state index in [1.165, 1.54) is 6.07 Å². The number of carbonyl (C=O) groups is 2. The van der Waals surface area contributed by atoms with Gasteiger partial charge in [0.05, 0.1) is 5.70 Å². The van der Waals surface area contributed by atoms with E-state index in [-0.39, 0.29) is 24.0 Å². The van der Waals surface area contributed by atoms with Crippen LogP contribution in [0, 0.1) is 5.82 Å². The van der Waals surface area contributed by atoms with E-state index in [0.29, 0.717) is 30.2 Å². The van der Waals surface area contributed by atoms with Gasteiger partial charge in [-0.2, -0.15) is 0 Å². The van der Waals surface area contributed by atoms with Crippen molar-refractivity contribution in [3.63, 3.8) is 0 Å². The maximum Gasteiger partial charge on any atom is 0.268 e. The molecule has 0 saturated carbocycles. The lowest BCUT2D eigenvalue weighted by Gasteiger charge is -2.35. The molecule has 3 heterocycles. The van der Waals surface area contributed by atoms with Gasteiger partial charge in [0.25, 0.3) is 5.91 Å². The quantitative estimate of drug-likeness (QED) is 0.294. The molecule has 10 nitrogen and oxygen atoms in total. The Balaban J connectivity index is 1.26. The number of hydrogen-bond donors (Lipinski definition) is 5. The van der Waals surface area contributed by atoms with Crippen molar-refractivity contribution >= 4 is 23.2 Å². The summed E-state index contributed by atoms with van der Waals surface area (Å²) in [7, 11) is 0. The second-order valence-electron chi connectivity index (χ2n) is 9.53. The Bertz CT molecular complexity index is 1450. The normalized spacial score (nSPS) is 15.1. The molecule has 11 heteroatoms. The van der Waals surface area contributed by atoms with E-state index in [1.807, 2.05) is 41.3 Å². The topological polar surface area (TPSA) is 128 Å². The first-order chi connectivity index (χ1) is 19.4. The third kappa shape index (κ3) is 6.15. The summed E-state index contributed by atoms with van der Waals surface area (Å²) in [6.45, 7) is 4.71. The molecule has 5 rings (SSSR count). The Labute approximate surface area is 231 Å². The van der Waals surface area contributed by atoms with Crippen LogP contribution in [0.1, 0.15) is 12.5 Å². The number of halogens is 1. The van der Waals surface area contributed by atoms with Crippen LogP contribution >= 0.6 is 0 Å². The summed E-state index contributed by atoms with van der Waals surface area (Å²) in [5.74, 6) is -0.357. The number of hydrogen-bond acceptors (Lipinski definition) is 8. The third-order valence-electron chi connectivity index (χ3n) is 6.87. The van der Waals surface area contributed by atoms with Gasteiger partial charge in [-0.15, -0.1) is 0 Å². The minimum Gasteiger partial charge on any atom is -0.379 e. The number of benzene rings is 2. The van der Waals surface area contributed by atoms with Crippen LogP contribution in [0.2, 0.25) is 0 Å². The molecule has 0 radical (unpaired) electrons. The van der Waals surface area contributed by atoms with Gasteiger partial charge in [0.2, 0.25) is 5.91 Å². The number of hydrazine groups is 1. The number of rotatable bonds is 8. The molecule has 2 amide bonds. The van der Waals surface area contributed by atoms with E-state index in [4.69, 9.17) is 5.73 Å². The van der Waals surface area contributed by atoms with Crippen LogP contribution in [-0.2, 0) is 16.1 Å². The minimum absolute atomic E-state index is 0.104. The molecule has 1 fully saturated rings. The zero-order valence-corrected chi connectivity index (χ0v) is 22.1. The SMILES string of the molecule is CC(=O)N1CCN(c2ccc(NC3=CC(NCc4cc(-c5cccnc5)ccc4F)=C(C(N)=O)NN3)cc2)CC1. The molecule has 0 bridgehead atoms. The summed E-state index contributed by atoms with van der Waals surface area (Å²) in [4.78, 5) is 31.9. The van der Waals surface area contributed by atoms with Crippen LogP contribution in [0.3, 0.4) is 0 Å².